The third-order valence-electron chi connectivity index (χ3n) is 5.09. The summed E-state index contributed by atoms with van der Waals surface area (Å²) in [6.45, 7) is 3.37. The van der Waals surface area contributed by atoms with Crippen molar-refractivity contribution in [1.29, 1.82) is 0 Å². The van der Waals surface area contributed by atoms with E-state index in [1.165, 1.54) is 68.7 Å². The minimum atomic E-state index is -0.705. The summed E-state index contributed by atoms with van der Waals surface area (Å²) in [5.74, 6) is 0. The van der Waals surface area contributed by atoms with E-state index < -0.39 is 6.10 Å². The number of hydrogen-bond acceptors (Lipinski definition) is 4. The molecule has 0 fully saturated rings. The van der Waals surface area contributed by atoms with Crippen molar-refractivity contribution in [2.24, 2.45) is 0 Å². The summed E-state index contributed by atoms with van der Waals surface area (Å²) in [7, 11) is 0. The fraction of sp³-hybridized carbons (Fsp3) is 0.652. The van der Waals surface area contributed by atoms with Crippen molar-refractivity contribution in [3.63, 3.8) is 0 Å². The lowest BCUT2D eigenvalue weighted by Crippen LogP contribution is -2.29. The Kier molecular flexibility index (Phi) is 10.8. The van der Waals surface area contributed by atoms with Gasteiger partial charge in [0.05, 0.1) is 36.5 Å². The number of benzene rings is 1. The third kappa shape index (κ3) is 8.11. The van der Waals surface area contributed by atoms with Crippen molar-refractivity contribution >= 4 is 10.9 Å². The van der Waals surface area contributed by atoms with Gasteiger partial charge in [-0.1, -0.05) is 76.8 Å². The van der Waals surface area contributed by atoms with Crippen molar-refractivity contribution in [2.45, 2.75) is 83.8 Å². The van der Waals surface area contributed by atoms with Crippen LogP contribution in [0.4, 0.5) is 0 Å². The molecule has 0 saturated heterocycles. The van der Waals surface area contributed by atoms with Gasteiger partial charge in [-0.15, -0.1) is 0 Å². The van der Waals surface area contributed by atoms with E-state index in [0.29, 0.717) is 17.5 Å². The summed E-state index contributed by atoms with van der Waals surface area (Å²) in [6, 6.07) is 7.25. The number of aliphatic hydroxyl groups excluding tert-OH is 1. The van der Waals surface area contributed by atoms with Gasteiger partial charge in [-0.3, -0.25) is 9.36 Å². The predicted octanol–water partition coefficient (Wildman–Crippen LogP) is 4.69. The molecule has 2 rings (SSSR count). The maximum absolute atomic E-state index is 12.4. The van der Waals surface area contributed by atoms with E-state index in [1.807, 2.05) is 18.2 Å². The average molecular weight is 389 g/mol. The van der Waals surface area contributed by atoms with Crippen LogP contribution in [0.15, 0.2) is 35.4 Å². The predicted molar refractivity (Wildman–Crippen MR) is 115 cm³/mol. The number of aliphatic hydroxyl groups is 1. The summed E-state index contributed by atoms with van der Waals surface area (Å²) in [5, 5.41) is 10.7. The molecule has 156 valence electrons. The molecule has 1 aromatic carbocycles. The Morgan fingerprint density at radius 2 is 1.64 bits per heavy atom. The van der Waals surface area contributed by atoms with Gasteiger partial charge in [0.25, 0.3) is 5.56 Å². The van der Waals surface area contributed by atoms with Crippen LogP contribution in [-0.4, -0.2) is 34.0 Å². The van der Waals surface area contributed by atoms with Gasteiger partial charge in [0.2, 0.25) is 0 Å². The van der Waals surface area contributed by atoms with Gasteiger partial charge in [0.1, 0.15) is 0 Å². The standard InChI is InChI=1S/C23H36N2O3/c1-2-3-4-5-6-7-8-9-10-13-16-28-18-20(26)17-25-19-24-22-15-12-11-14-21(22)23(25)27/h11-12,14-15,19-20,26H,2-10,13,16-18H2,1H3. The molecule has 0 amide bonds. The zero-order valence-corrected chi connectivity index (χ0v) is 17.3. The molecule has 1 atom stereocenters. The van der Waals surface area contributed by atoms with Crippen LogP contribution in [0.25, 0.3) is 10.9 Å². The average Bonchev–Trinajstić information content (AvgIpc) is 2.71. The fourth-order valence-electron chi connectivity index (χ4n) is 3.43. The first kappa shape index (κ1) is 22.6. The van der Waals surface area contributed by atoms with Gasteiger partial charge in [0.15, 0.2) is 0 Å². The summed E-state index contributed by atoms with van der Waals surface area (Å²) < 4.78 is 7.04. The largest absolute Gasteiger partial charge is 0.389 e. The second-order valence-corrected chi connectivity index (χ2v) is 7.63. The lowest BCUT2D eigenvalue weighted by atomic mass is 10.1. The van der Waals surface area contributed by atoms with Crippen LogP contribution in [0.1, 0.15) is 71.1 Å². The van der Waals surface area contributed by atoms with Crippen molar-refractivity contribution in [2.75, 3.05) is 13.2 Å². The minimum absolute atomic E-state index is 0.126. The second-order valence-electron chi connectivity index (χ2n) is 7.63. The smallest absolute Gasteiger partial charge is 0.261 e. The van der Waals surface area contributed by atoms with Crippen LogP contribution in [0.3, 0.4) is 0 Å². The molecule has 1 aromatic heterocycles. The first-order valence-corrected chi connectivity index (χ1v) is 10.9. The Labute approximate surface area is 168 Å². The minimum Gasteiger partial charge on any atom is -0.389 e. The Hall–Kier alpha value is -1.72. The maximum Gasteiger partial charge on any atom is 0.261 e. The van der Waals surface area contributed by atoms with Gasteiger partial charge in [-0.2, -0.15) is 0 Å². The van der Waals surface area contributed by atoms with Crippen molar-refractivity contribution < 1.29 is 9.84 Å². The lowest BCUT2D eigenvalue weighted by Gasteiger charge is -2.13. The highest BCUT2D eigenvalue weighted by molar-refractivity contribution is 5.76. The van der Waals surface area contributed by atoms with E-state index in [4.69, 9.17) is 4.74 Å². The lowest BCUT2D eigenvalue weighted by molar-refractivity contribution is 0.0261. The number of rotatable bonds is 15. The summed E-state index contributed by atoms with van der Waals surface area (Å²) in [5.41, 5.74) is 0.551. The molecule has 0 bridgehead atoms. The Balaban J connectivity index is 1.53. The summed E-state index contributed by atoms with van der Waals surface area (Å²) in [6.07, 6.45) is 13.7. The molecule has 0 aliphatic heterocycles. The highest BCUT2D eigenvalue weighted by Gasteiger charge is 2.09. The second kappa shape index (κ2) is 13.5. The molecule has 5 nitrogen and oxygen atoms in total. The molecule has 0 aliphatic rings. The third-order valence-corrected chi connectivity index (χ3v) is 5.09. The molecule has 28 heavy (non-hydrogen) atoms. The zero-order chi connectivity index (χ0) is 20.0. The van der Waals surface area contributed by atoms with Gasteiger partial charge in [-0.25, -0.2) is 4.98 Å². The van der Waals surface area contributed by atoms with Crippen molar-refractivity contribution in [3.8, 4) is 0 Å². The van der Waals surface area contributed by atoms with Crippen molar-refractivity contribution in [1.82, 2.24) is 9.55 Å². The molecule has 0 aliphatic carbocycles. The molecule has 1 N–H and O–H groups in total. The van der Waals surface area contributed by atoms with Gasteiger partial charge in [0, 0.05) is 6.61 Å². The number of fused-ring (bicyclic) bond motifs is 1. The zero-order valence-electron chi connectivity index (χ0n) is 17.3. The molecule has 0 radical (unpaired) electrons. The monoisotopic (exact) mass is 388 g/mol. The van der Waals surface area contributed by atoms with Crippen LogP contribution < -0.4 is 5.56 Å². The molecule has 0 saturated carbocycles. The van der Waals surface area contributed by atoms with E-state index in [2.05, 4.69) is 11.9 Å². The number of para-hydroxylation sites is 1. The van der Waals surface area contributed by atoms with Crippen LogP contribution in [0, 0.1) is 0 Å². The first-order valence-electron chi connectivity index (χ1n) is 10.9. The normalized spacial score (nSPS) is 12.5. The molecular formula is C23H36N2O3. The van der Waals surface area contributed by atoms with Crippen LogP contribution in [-0.2, 0) is 11.3 Å². The Morgan fingerprint density at radius 1 is 1.00 bits per heavy atom. The number of hydrogen-bond donors (Lipinski definition) is 1. The fourth-order valence-corrected chi connectivity index (χ4v) is 3.43. The van der Waals surface area contributed by atoms with Crippen LogP contribution in [0.2, 0.25) is 0 Å². The van der Waals surface area contributed by atoms with Crippen LogP contribution in [0.5, 0.6) is 0 Å². The summed E-state index contributed by atoms with van der Waals surface area (Å²) in [4.78, 5) is 16.7. The van der Waals surface area contributed by atoms with E-state index >= 15 is 0 Å². The molecule has 5 heteroatoms. The maximum atomic E-state index is 12.4. The van der Waals surface area contributed by atoms with Crippen molar-refractivity contribution in [3.05, 3.63) is 40.9 Å². The highest BCUT2D eigenvalue weighted by atomic mass is 16.5. The molecule has 2 aromatic rings. The summed E-state index contributed by atoms with van der Waals surface area (Å²) >= 11 is 0. The highest BCUT2D eigenvalue weighted by Crippen LogP contribution is 2.10. The first-order chi connectivity index (χ1) is 13.7. The Morgan fingerprint density at radius 3 is 2.36 bits per heavy atom. The van der Waals surface area contributed by atoms with E-state index in [1.54, 1.807) is 6.07 Å². The van der Waals surface area contributed by atoms with Crippen LogP contribution >= 0.6 is 0 Å². The van der Waals surface area contributed by atoms with Gasteiger partial charge in [-0.05, 0) is 18.6 Å². The molecule has 1 unspecified atom stereocenters. The molecule has 0 spiro atoms. The SMILES string of the molecule is CCCCCCCCCCCCOCC(O)Cn1cnc2ccccc2c1=O. The number of nitrogens with zero attached hydrogens (tertiary/aromatic N) is 2. The topological polar surface area (TPSA) is 64.3 Å². The van der Waals surface area contributed by atoms with E-state index in [9.17, 15) is 9.90 Å². The number of ether oxygens (including phenoxy) is 1. The molecular weight excluding hydrogens is 352 g/mol. The number of unbranched alkanes of at least 4 members (excludes halogenated alkanes) is 9. The quantitative estimate of drug-likeness (QED) is 0.449. The van der Waals surface area contributed by atoms with Gasteiger partial charge >= 0.3 is 0 Å². The molecule has 1 heterocycles. The van der Waals surface area contributed by atoms with E-state index in [0.717, 1.165) is 6.42 Å². The Bertz CT molecular complexity index is 729. The van der Waals surface area contributed by atoms with Gasteiger partial charge < -0.3 is 9.84 Å². The number of aromatic nitrogens is 2. The van der Waals surface area contributed by atoms with E-state index in [-0.39, 0.29) is 18.7 Å².